The van der Waals surface area contributed by atoms with Crippen molar-refractivity contribution in [2.24, 2.45) is 0 Å². The number of carbonyl (C=O) groups is 6. The van der Waals surface area contributed by atoms with Gasteiger partial charge < -0.3 is 31.1 Å². The minimum atomic E-state index is -0.163. The molecule has 0 spiro atoms. The van der Waals surface area contributed by atoms with Crippen LogP contribution in [0.4, 0.5) is 5.00 Å². The number of thiophene rings is 2. The van der Waals surface area contributed by atoms with E-state index in [4.69, 9.17) is 9.97 Å². The van der Waals surface area contributed by atoms with Gasteiger partial charge in [0.15, 0.2) is 5.78 Å². The van der Waals surface area contributed by atoms with Gasteiger partial charge in [-0.25, -0.2) is 9.97 Å². The number of unbranched alkanes of at least 4 members (excludes halogenated alkanes) is 5. The Labute approximate surface area is 460 Å². The van der Waals surface area contributed by atoms with E-state index in [1.54, 1.807) is 34.8 Å². The molecule has 2 atom stereocenters. The van der Waals surface area contributed by atoms with Crippen molar-refractivity contribution in [3.63, 3.8) is 0 Å². The number of rotatable bonds is 25. The molecule has 4 fully saturated rings. The highest BCUT2D eigenvalue weighted by atomic mass is 32.1. The number of likely N-dealkylation sites (tertiary alicyclic amines) is 2. The van der Waals surface area contributed by atoms with Crippen LogP contribution in [0, 0.1) is 0 Å². The lowest BCUT2D eigenvalue weighted by Gasteiger charge is -2.37. The predicted molar refractivity (Wildman–Crippen MR) is 303 cm³/mol. The molecule has 8 heterocycles. The number of benzene rings is 2. The molecule has 2 aromatic carbocycles. The Morgan fingerprint density at radius 1 is 0.579 bits per heavy atom. The van der Waals surface area contributed by atoms with Gasteiger partial charge in [-0.15, -0.1) is 45.3 Å². The molecule has 4 saturated heterocycles. The number of nitrogens with zero attached hydrogens (tertiary/aromatic N) is 4. The zero-order valence-electron chi connectivity index (χ0n) is 42.8. The zero-order chi connectivity index (χ0) is 52.4. The van der Waals surface area contributed by atoms with Crippen LogP contribution in [0.1, 0.15) is 141 Å². The first kappa shape index (κ1) is 53.6. The Hall–Kier alpha value is -5.76. The van der Waals surface area contributed by atoms with Gasteiger partial charge in [-0.1, -0.05) is 74.2 Å². The molecule has 0 aliphatic carbocycles. The van der Waals surface area contributed by atoms with Crippen molar-refractivity contribution >= 4 is 85.5 Å². The minimum absolute atomic E-state index is 0.0163. The van der Waals surface area contributed by atoms with E-state index >= 15 is 0 Å². The molecule has 4 aromatic heterocycles. The molecule has 6 aromatic rings. The van der Waals surface area contributed by atoms with Crippen LogP contribution >= 0.6 is 45.3 Å². The summed E-state index contributed by atoms with van der Waals surface area (Å²) in [6.45, 7) is 4.77. The molecule has 0 unspecified atom stereocenters. The molecular weight excluding hydrogens is 1030 g/mol. The number of nitrogens with one attached hydrogen (secondary N) is 4. The van der Waals surface area contributed by atoms with E-state index in [0.29, 0.717) is 78.9 Å². The summed E-state index contributed by atoms with van der Waals surface area (Å²) >= 11 is 6.08. The summed E-state index contributed by atoms with van der Waals surface area (Å²) in [7, 11) is 0. The summed E-state index contributed by atoms with van der Waals surface area (Å²) in [4.78, 5) is 94.2. The zero-order valence-corrected chi connectivity index (χ0v) is 46.1. The number of ketones is 2. The van der Waals surface area contributed by atoms with Gasteiger partial charge in [0.1, 0.15) is 5.78 Å². The second-order valence-electron chi connectivity index (χ2n) is 20.6. The smallest absolute Gasteiger partial charge is 0.264 e. The quantitative estimate of drug-likeness (QED) is 0.0403. The van der Waals surface area contributed by atoms with Crippen molar-refractivity contribution in [1.29, 1.82) is 0 Å². The number of hydrogen-bond donors (Lipinski definition) is 4. The van der Waals surface area contributed by atoms with Crippen LogP contribution in [0.25, 0.3) is 20.9 Å². The number of hydrogen-bond acceptors (Lipinski definition) is 14. The lowest BCUT2D eigenvalue weighted by atomic mass is 10.0. The maximum Gasteiger partial charge on any atom is 0.264 e. The first-order chi connectivity index (χ1) is 37.1. The standard InChI is InChI=1S/C58H66N8O6S4/c67-43(22-17-37-13-18-39(19-14-37)50-31-62-55(75-50)41-33-65(34-41)57(71)48-24-23-44(73-48)29-47(68)45-10-7-27-59-45)9-5-3-1-2-4-6-12-52(69)61-30-38-15-20-40(21-16-38)51-32-63-56(76-51)42-35-66(36-42)58(72)49-25-26-53(74-49)64-54(70)46-11-8-28-60-46/h13-16,18-21,23-26,31-32,41-42,45-46,59-60H,1-12,17,22,27-30,33-36H2,(H,61,69)(H,64,70)/t45-,46-/m0/s1. The topological polar surface area (TPSA) is 183 Å². The van der Waals surface area contributed by atoms with E-state index in [0.717, 1.165) is 131 Å². The highest BCUT2D eigenvalue weighted by Gasteiger charge is 2.36. The minimum Gasteiger partial charge on any atom is -0.352 e. The summed E-state index contributed by atoms with van der Waals surface area (Å²) in [6.07, 6.45) is 16.2. The average Bonchev–Trinajstić information content (AvgIpc) is 4.27. The van der Waals surface area contributed by atoms with Crippen LogP contribution in [0.2, 0.25) is 0 Å². The van der Waals surface area contributed by atoms with Crippen molar-refractivity contribution < 1.29 is 28.8 Å². The second kappa shape index (κ2) is 25.6. The summed E-state index contributed by atoms with van der Waals surface area (Å²) in [5, 5.41) is 15.2. The Morgan fingerprint density at radius 3 is 1.74 bits per heavy atom. The molecule has 4 aliphatic heterocycles. The molecular formula is C58H66N8O6S4. The third kappa shape index (κ3) is 13.9. The third-order valence-corrected chi connectivity index (χ3v) is 19.4. The normalized spacial score (nSPS) is 17.6. The van der Waals surface area contributed by atoms with Gasteiger partial charge in [-0.2, -0.15) is 0 Å². The van der Waals surface area contributed by atoms with E-state index in [2.05, 4.69) is 57.7 Å². The number of aryl methyl sites for hydroxylation is 1. The maximum absolute atomic E-state index is 13.2. The number of thiazole rings is 2. The van der Waals surface area contributed by atoms with Crippen LogP contribution in [0.15, 0.2) is 85.2 Å². The molecule has 76 heavy (non-hydrogen) atoms. The molecule has 0 radical (unpaired) electrons. The average molecular weight is 1100 g/mol. The molecule has 10 rings (SSSR count). The van der Waals surface area contributed by atoms with Crippen molar-refractivity contribution in [3.8, 4) is 20.9 Å². The molecule has 398 valence electrons. The van der Waals surface area contributed by atoms with Gasteiger partial charge in [0.05, 0.1) is 46.6 Å². The number of aromatic nitrogens is 2. The molecule has 0 bridgehead atoms. The summed E-state index contributed by atoms with van der Waals surface area (Å²) in [5.74, 6) is 0.964. The fraction of sp³-hybridized carbons (Fsp3) is 0.448. The van der Waals surface area contributed by atoms with Crippen LogP contribution in [-0.4, -0.2) is 106 Å². The Bertz CT molecular complexity index is 2770. The number of anilines is 1. The van der Waals surface area contributed by atoms with E-state index in [9.17, 15) is 28.8 Å². The number of amides is 4. The Kier molecular flexibility index (Phi) is 18.1. The molecule has 18 heteroatoms. The second-order valence-corrected chi connectivity index (χ2v) is 25.0. The van der Waals surface area contributed by atoms with Crippen LogP contribution in [0.3, 0.4) is 0 Å². The van der Waals surface area contributed by atoms with Gasteiger partial charge >= 0.3 is 0 Å². The van der Waals surface area contributed by atoms with Crippen molar-refractivity contribution in [2.75, 3.05) is 44.6 Å². The molecule has 4 amide bonds. The first-order valence-corrected chi connectivity index (χ1v) is 30.3. The van der Waals surface area contributed by atoms with Crippen molar-refractivity contribution in [2.45, 2.75) is 127 Å². The van der Waals surface area contributed by atoms with E-state index in [1.807, 2.05) is 46.5 Å². The molecule has 14 nitrogen and oxygen atoms in total. The fourth-order valence-corrected chi connectivity index (χ4v) is 14.1. The number of carbonyl (C=O) groups excluding carboxylic acids is 6. The van der Waals surface area contributed by atoms with Gasteiger partial charge in [-0.05, 0) is 105 Å². The lowest BCUT2D eigenvalue weighted by molar-refractivity contribution is -0.121. The van der Waals surface area contributed by atoms with E-state index in [1.165, 1.54) is 22.7 Å². The third-order valence-electron chi connectivity index (χ3n) is 15.0. The summed E-state index contributed by atoms with van der Waals surface area (Å²) < 4.78 is 0. The van der Waals surface area contributed by atoms with E-state index in [-0.39, 0.29) is 53.3 Å². The molecule has 0 saturated carbocycles. The van der Waals surface area contributed by atoms with Crippen molar-refractivity contribution in [3.05, 3.63) is 121 Å². The largest absolute Gasteiger partial charge is 0.352 e. The lowest BCUT2D eigenvalue weighted by Crippen LogP contribution is -2.48. The predicted octanol–water partition coefficient (Wildman–Crippen LogP) is 10.0. The number of Topliss-reactive ketones (excluding diaryl/α,β-unsaturated/α-hetero) is 2. The highest BCUT2D eigenvalue weighted by Crippen LogP contribution is 2.38. The summed E-state index contributed by atoms with van der Waals surface area (Å²) in [5.41, 5.74) is 4.37. The van der Waals surface area contributed by atoms with Gasteiger partial charge in [0.25, 0.3) is 11.8 Å². The van der Waals surface area contributed by atoms with Crippen LogP contribution in [-0.2, 0) is 38.6 Å². The molecule has 4 N–H and O–H groups in total. The molecule has 4 aliphatic rings. The van der Waals surface area contributed by atoms with Gasteiger partial charge in [0.2, 0.25) is 11.8 Å². The Morgan fingerprint density at radius 2 is 1.13 bits per heavy atom. The Balaban J connectivity index is 0.542. The summed E-state index contributed by atoms with van der Waals surface area (Å²) in [6, 6.07) is 23.8. The van der Waals surface area contributed by atoms with Gasteiger partial charge in [-0.3, -0.25) is 28.8 Å². The fourth-order valence-electron chi connectivity index (χ4n) is 10.2. The van der Waals surface area contributed by atoms with Crippen molar-refractivity contribution in [1.82, 2.24) is 35.7 Å². The first-order valence-electron chi connectivity index (χ1n) is 27.0. The SMILES string of the molecule is O=C(CCCCCCCCC(=O)NCc1ccc(-c2cnc(C3CN(C(=O)c4ccc(NC(=O)[C@@H]5CCCN5)s4)C3)s2)cc1)CCc1ccc(-c2cnc(C3CN(C(=O)c4ccc(CC(=O)[C@@H]5CCCN5)s4)C3)s2)cc1. The monoisotopic (exact) mass is 1100 g/mol. The van der Waals surface area contributed by atoms with Crippen LogP contribution in [0.5, 0.6) is 0 Å². The van der Waals surface area contributed by atoms with Gasteiger partial charge in [0, 0.05) is 87.5 Å². The highest BCUT2D eigenvalue weighted by molar-refractivity contribution is 7.18. The maximum atomic E-state index is 13.2. The van der Waals surface area contributed by atoms with Crippen LogP contribution < -0.4 is 21.3 Å². The van der Waals surface area contributed by atoms with E-state index < -0.39 is 0 Å².